The SMILES string of the molecule is CCCCN1Cc2ccc(NS(=O)(=O)c3cn(C)nc3C)cc2C1. The maximum Gasteiger partial charge on any atom is 0.265 e. The van der Waals surface area contributed by atoms with Crippen LogP contribution in [0.1, 0.15) is 36.6 Å². The van der Waals surface area contributed by atoms with E-state index in [-0.39, 0.29) is 4.90 Å². The molecule has 1 aromatic carbocycles. The van der Waals surface area contributed by atoms with Crippen LogP contribution in [-0.4, -0.2) is 29.6 Å². The average Bonchev–Trinajstić information content (AvgIpc) is 3.07. The summed E-state index contributed by atoms with van der Waals surface area (Å²) in [6.07, 6.45) is 3.90. The maximum atomic E-state index is 12.6. The van der Waals surface area contributed by atoms with E-state index >= 15 is 0 Å². The summed E-state index contributed by atoms with van der Waals surface area (Å²) >= 11 is 0. The third-order valence-electron chi connectivity index (χ3n) is 4.33. The van der Waals surface area contributed by atoms with Crippen LogP contribution in [0.3, 0.4) is 0 Å². The molecule has 1 N–H and O–H groups in total. The van der Waals surface area contributed by atoms with E-state index in [1.54, 1.807) is 14.0 Å². The van der Waals surface area contributed by atoms with Gasteiger partial charge in [0, 0.05) is 32.0 Å². The first-order chi connectivity index (χ1) is 11.4. The lowest BCUT2D eigenvalue weighted by atomic mass is 10.1. The van der Waals surface area contributed by atoms with Crippen LogP contribution in [-0.2, 0) is 30.2 Å². The van der Waals surface area contributed by atoms with Gasteiger partial charge in [-0.2, -0.15) is 5.10 Å². The van der Waals surface area contributed by atoms with E-state index in [0.29, 0.717) is 11.4 Å². The molecule has 0 spiro atoms. The minimum atomic E-state index is -3.62. The molecule has 2 heterocycles. The third-order valence-corrected chi connectivity index (χ3v) is 5.82. The minimum absolute atomic E-state index is 0.218. The lowest BCUT2D eigenvalue weighted by molar-refractivity contribution is 0.279. The molecule has 24 heavy (non-hydrogen) atoms. The van der Waals surface area contributed by atoms with Crippen molar-refractivity contribution in [2.24, 2.45) is 7.05 Å². The van der Waals surface area contributed by atoms with E-state index in [4.69, 9.17) is 0 Å². The van der Waals surface area contributed by atoms with Crippen LogP contribution in [0.2, 0.25) is 0 Å². The van der Waals surface area contributed by atoms with Gasteiger partial charge in [-0.05, 0) is 43.1 Å². The fourth-order valence-electron chi connectivity index (χ4n) is 3.12. The molecule has 1 aromatic heterocycles. The smallest absolute Gasteiger partial charge is 0.265 e. The molecule has 2 aromatic rings. The number of aromatic nitrogens is 2. The molecule has 0 atom stereocenters. The van der Waals surface area contributed by atoms with Crippen molar-refractivity contribution in [3.63, 3.8) is 0 Å². The van der Waals surface area contributed by atoms with Crippen molar-refractivity contribution in [2.45, 2.75) is 44.7 Å². The highest BCUT2D eigenvalue weighted by Crippen LogP contribution is 2.27. The Morgan fingerprint density at radius 1 is 1.25 bits per heavy atom. The second-order valence-electron chi connectivity index (χ2n) is 6.41. The number of benzene rings is 1. The lowest BCUT2D eigenvalue weighted by Gasteiger charge is -2.13. The van der Waals surface area contributed by atoms with Crippen LogP contribution in [0.5, 0.6) is 0 Å². The van der Waals surface area contributed by atoms with Crippen molar-refractivity contribution < 1.29 is 8.42 Å². The number of aryl methyl sites for hydroxylation is 2. The fraction of sp³-hybridized carbons (Fsp3) is 0.471. The topological polar surface area (TPSA) is 67.2 Å². The quantitative estimate of drug-likeness (QED) is 0.871. The number of rotatable bonds is 6. The summed E-state index contributed by atoms with van der Waals surface area (Å²) in [5, 5.41) is 4.11. The van der Waals surface area contributed by atoms with Gasteiger partial charge in [-0.15, -0.1) is 0 Å². The second-order valence-corrected chi connectivity index (χ2v) is 8.06. The summed E-state index contributed by atoms with van der Waals surface area (Å²) in [5.41, 5.74) is 3.59. The molecule has 1 aliphatic heterocycles. The Kier molecular flexibility index (Phi) is 4.64. The number of hydrogen-bond acceptors (Lipinski definition) is 4. The molecule has 0 unspecified atom stereocenters. The minimum Gasteiger partial charge on any atom is -0.295 e. The molecule has 0 saturated carbocycles. The number of fused-ring (bicyclic) bond motifs is 1. The summed E-state index contributed by atoms with van der Waals surface area (Å²) < 4.78 is 29.3. The first kappa shape index (κ1) is 17.0. The highest BCUT2D eigenvalue weighted by Gasteiger charge is 2.22. The monoisotopic (exact) mass is 348 g/mol. The Labute approximate surface area is 143 Å². The molecule has 3 rings (SSSR count). The molecule has 1 aliphatic rings. The van der Waals surface area contributed by atoms with E-state index in [0.717, 1.165) is 19.6 Å². The largest absolute Gasteiger partial charge is 0.295 e. The van der Waals surface area contributed by atoms with Gasteiger partial charge in [0.05, 0.1) is 5.69 Å². The predicted octanol–water partition coefficient (Wildman–Crippen LogP) is 2.65. The summed E-state index contributed by atoms with van der Waals surface area (Å²) in [6, 6.07) is 5.81. The molecule has 0 aliphatic carbocycles. The van der Waals surface area contributed by atoms with Gasteiger partial charge in [-0.3, -0.25) is 14.3 Å². The van der Waals surface area contributed by atoms with Gasteiger partial charge in [-0.25, -0.2) is 8.42 Å². The molecule has 7 heteroatoms. The molecule has 0 amide bonds. The van der Waals surface area contributed by atoms with E-state index in [2.05, 4.69) is 21.6 Å². The number of unbranched alkanes of at least 4 members (excludes halogenated alkanes) is 1. The molecule has 6 nitrogen and oxygen atoms in total. The second kappa shape index (κ2) is 6.57. The van der Waals surface area contributed by atoms with Crippen molar-refractivity contribution in [1.29, 1.82) is 0 Å². The summed E-state index contributed by atoms with van der Waals surface area (Å²) in [4.78, 5) is 2.62. The molecule has 0 saturated heterocycles. The Bertz CT molecular complexity index is 842. The summed E-state index contributed by atoms with van der Waals surface area (Å²) in [5.74, 6) is 0. The average molecular weight is 348 g/mol. The Morgan fingerprint density at radius 2 is 2.00 bits per heavy atom. The van der Waals surface area contributed by atoms with Crippen LogP contribution < -0.4 is 4.72 Å². The lowest BCUT2D eigenvalue weighted by Crippen LogP contribution is -2.17. The van der Waals surface area contributed by atoms with Crippen LogP contribution in [0.15, 0.2) is 29.3 Å². The van der Waals surface area contributed by atoms with Gasteiger partial charge in [0.2, 0.25) is 0 Å². The first-order valence-electron chi connectivity index (χ1n) is 8.26. The Balaban J connectivity index is 1.77. The zero-order valence-corrected chi connectivity index (χ0v) is 15.2. The number of hydrogen-bond donors (Lipinski definition) is 1. The van der Waals surface area contributed by atoms with Crippen molar-refractivity contribution >= 4 is 15.7 Å². The molecular formula is C17H24N4O2S. The highest BCUT2D eigenvalue weighted by molar-refractivity contribution is 7.92. The third kappa shape index (κ3) is 3.47. The predicted molar refractivity (Wildman–Crippen MR) is 94.2 cm³/mol. The Hall–Kier alpha value is -1.86. The standard InChI is InChI=1S/C17H24N4O2S/c1-4-5-8-21-10-14-6-7-16(9-15(14)11-21)19-24(22,23)17-12-20(3)18-13(17)2/h6-7,9,12,19H,4-5,8,10-11H2,1-3H3. The van der Waals surface area contributed by atoms with Gasteiger partial charge in [-0.1, -0.05) is 19.4 Å². The fourth-order valence-corrected chi connectivity index (χ4v) is 4.39. The molecule has 0 fully saturated rings. The van der Waals surface area contributed by atoms with Crippen LogP contribution in [0.25, 0.3) is 0 Å². The van der Waals surface area contributed by atoms with Gasteiger partial charge in [0.15, 0.2) is 0 Å². The number of anilines is 1. The van der Waals surface area contributed by atoms with Gasteiger partial charge in [0.1, 0.15) is 4.90 Å². The van der Waals surface area contributed by atoms with Gasteiger partial charge in [0.25, 0.3) is 10.0 Å². The van der Waals surface area contributed by atoms with Crippen LogP contribution >= 0.6 is 0 Å². The zero-order valence-electron chi connectivity index (χ0n) is 14.4. The highest BCUT2D eigenvalue weighted by atomic mass is 32.2. The van der Waals surface area contributed by atoms with Crippen LogP contribution in [0, 0.1) is 6.92 Å². The van der Waals surface area contributed by atoms with Gasteiger partial charge < -0.3 is 0 Å². The number of sulfonamides is 1. The van der Waals surface area contributed by atoms with Crippen LogP contribution in [0.4, 0.5) is 5.69 Å². The molecule has 0 bridgehead atoms. The summed E-state index contributed by atoms with van der Waals surface area (Å²) in [7, 11) is -1.90. The van der Waals surface area contributed by atoms with E-state index in [9.17, 15) is 8.42 Å². The first-order valence-corrected chi connectivity index (χ1v) is 9.74. The normalized spacial score (nSPS) is 14.8. The number of nitrogens with one attached hydrogen (secondary N) is 1. The maximum absolute atomic E-state index is 12.6. The van der Waals surface area contributed by atoms with E-state index < -0.39 is 10.0 Å². The van der Waals surface area contributed by atoms with E-state index in [1.807, 2.05) is 18.2 Å². The van der Waals surface area contributed by atoms with E-state index in [1.165, 1.54) is 34.8 Å². The van der Waals surface area contributed by atoms with Crippen molar-refractivity contribution in [1.82, 2.24) is 14.7 Å². The Morgan fingerprint density at radius 3 is 2.67 bits per heavy atom. The summed E-state index contributed by atoms with van der Waals surface area (Å²) in [6.45, 7) is 6.81. The van der Waals surface area contributed by atoms with Gasteiger partial charge >= 0.3 is 0 Å². The van der Waals surface area contributed by atoms with Crippen molar-refractivity contribution in [2.75, 3.05) is 11.3 Å². The molecule has 0 radical (unpaired) electrons. The number of nitrogens with zero attached hydrogens (tertiary/aromatic N) is 3. The van der Waals surface area contributed by atoms with Crippen molar-refractivity contribution in [3.8, 4) is 0 Å². The molecular weight excluding hydrogens is 324 g/mol. The van der Waals surface area contributed by atoms with Crippen molar-refractivity contribution in [3.05, 3.63) is 41.2 Å². The zero-order chi connectivity index (χ0) is 17.3. The molecule has 130 valence electrons.